The van der Waals surface area contributed by atoms with Gasteiger partial charge in [0.15, 0.2) is 0 Å². The molecule has 5 nitrogen and oxygen atoms in total. The van der Waals surface area contributed by atoms with Gasteiger partial charge in [-0.3, -0.25) is 4.99 Å². The van der Waals surface area contributed by atoms with E-state index in [4.69, 9.17) is 11.5 Å². The highest BCUT2D eigenvalue weighted by Gasteiger charge is 2.33. The number of rotatable bonds is 2. The summed E-state index contributed by atoms with van der Waals surface area (Å²) in [5.74, 6) is 0.233. The molecule has 0 bridgehead atoms. The molecule has 0 saturated carbocycles. The molecule has 0 spiro atoms. The smallest absolute Gasteiger partial charge is 0.382 e. The van der Waals surface area contributed by atoms with E-state index in [1.165, 1.54) is 12.1 Å². The van der Waals surface area contributed by atoms with E-state index in [2.05, 4.69) is 15.3 Å². The van der Waals surface area contributed by atoms with E-state index in [1.807, 2.05) is 0 Å². The summed E-state index contributed by atoms with van der Waals surface area (Å²) in [7, 11) is 0. The number of benzene rings is 1. The first kappa shape index (κ1) is 14.6. The fraction of sp³-hybridized carbons (Fsp3) is 0.286. The molecule has 0 aromatic heterocycles. The largest absolute Gasteiger partial charge is 0.416 e. The van der Waals surface area contributed by atoms with Crippen molar-refractivity contribution in [3.05, 3.63) is 47.2 Å². The summed E-state index contributed by atoms with van der Waals surface area (Å²) in [6, 6.07) is 4.85. The highest BCUT2D eigenvalue weighted by molar-refractivity contribution is 6.48. The van der Waals surface area contributed by atoms with Gasteiger partial charge in [0.1, 0.15) is 23.9 Å². The lowest BCUT2D eigenvalue weighted by molar-refractivity contribution is -0.137. The van der Waals surface area contributed by atoms with Gasteiger partial charge in [-0.25, -0.2) is 4.99 Å². The number of hydrogen-bond acceptors (Lipinski definition) is 5. The standard InChI is InChI=1S/C14H14F3N5/c15-14(16,17)9-3-1-8(2-4-9)5-13(19)6-10-11(12(18)22-13)21-7-20-10/h1-4,6,20H,5,7,19H2,(H2,18,22). The number of halogens is 3. The van der Waals surface area contributed by atoms with E-state index in [0.29, 0.717) is 23.6 Å². The second-order valence-electron chi connectivity index (χ2n) is 5.26. The predicted octanol–water partition coefficient (Wildman–Crippen LogP) is 1.16. The molecule has 0 radical (unpaired) electrons. The summed E-state index contributed by atoms with van der Waals surface area (Å²) in [5.41, 5.74) is 12.2. The zero-order chi connectivity index (χ0) is 16.0. The van der Waals surface area contributed by atoms with E-state index >= 15 is 0 Å². The van der Waals surface area contributed by atoms with E-state index in [9.17, 15) is 13.2 Å². The van der Waals surface area contributed by atoms with Gasteiger partial charge < -0.3 is 16.8 Å². The van der Waals surface area contributed by atoms with E-state index in [-0.39, 0.29) is 12.3 Å². The third-order valence-electron chi connectivity index (χ3n) is 3.50. The second kappa shape index (κ2) is 4.84. The molecule has 5 N–H and O–H groups in total. The third-order valence-corrected chi connectivity index (χ3v) is 3.50. The number of dihydropyridines is 1. The van der Waals surface area contributed by atoms with Gasteiger partial charge in [-0.05, 0) is 23.8 Å². The van der Waals surface area contributed by atoms with Crippen molar-refractivity contribution < 1.29 is 13.2 Å². The molecule has 2 aliphatic rings. The van der Waals surface area contributed by atoms with Crippen LogP contribution in [-0.4, -0.2) is 23.9 Å². The Morgan fingerprint density at radius 1 is 1.23 bits per heavy atom. The summed E-state index contributed by atoms with van der Waals surface area (Å²) in [6.45, 7) is 0.410. The number of amidine groups is 1. The molecule has 3 rings (SSSR count). The molecule has 0 saturated heterocycles. The fourth-order valence-electron chi connectivity index (χ4n) is 2.50. The van der Waals surface area contributed by atoms with Crippen molar-refractivity contribution in [2.24, 2.45) is 21.5 Å². The summed E-state index contributed by atoms with van der Waals surface area (Å²) >= 11 is 0. The monoisotopic (exact) mass is 309 g/mol. The van der Waals surface area contributed by atoms with Crippen molar-refractivity contribution in [2.75, 3.05) is 6.67 Å². The number of aliphatic imine (C=N–C) groups is 2. The van der Waals surface area contributed by atoms with Gasteiger partial charge in [0.25, 0.3) is 0 Å². The van der Waals surface area contributed by atoms with Crippen LogP contribution < -0.4 is 16.8 Å². The van der Waals surface area contributed by atoms with Gasteiger partial charge in [0.2, 0.25) is 0 Å². The Morgan fingerprint density at radius 2 is 1.91 bits per heavy atom. The average Bonchev–Trinajstić information content (AvgIpc) is 2.86. The maximum absolute atomic E-state index is 12.6. The Labute approximate surface area is 124 Å². The van der Waals surface area contributed by atoms with Crippen LogP contribution in [-0.2, 0) is 12.6 Å². The van der Waals surface area contributed by atoms with E-state index in [0.717, 1.165) is 12.1 Å². The Bertz CT molecular complexity index is 687. The minimum atomic E-state index is -4.35. The Hall–Kier alpha value is -2.35. The van der Waals surface area contributed by atoms with Gasteiger partial charge in [-0.15, -0.1) is 0 Å². The van der Waals surface area contributed by atoms with Crippen LogP contribution in [0.1, 0.15) is 11.1 Å². The summed E-state index contributed by atoms with van der Waals surface area (Å²) in [6.07, 6.45) is -2.41. The number of fused-ring (bicyclic) bond motifs is 1. The van der Waals surface area contributed by atoms with Crippen molar-refractivity contribution >= 4 is 11.5 Å². The Morgan fingerprint density at radius 3 is 2.55 bits per heavy atom. The van der Waals surface area contributed by atoms with Crippen LogP contribution in [0.4, 0.5) is 13.2 Å². The average molecular weight is 309 g/mol. The lowest BCUT2D eigenvalue weighted by Crippen LogP contribution is -2.46. The molecule has 8 heteroatoms. The van der Waals surface area contributed by atoms with Gasteiger partial charge >= 0.3 is 6.18 Å². The maximum atomic E-state index is 12.6. The number of nitrogens with two attached hydrogens (primary N) is 2. The zero-order valence-corrected chi connectivity index (χ0v) is 11.5. The van der Waals surface area contributed by atoms with Gasteiger partial charge in [-0.1, -0.05) is 12.1 Å². The molecular weight excluding hydrogens is 295 g/mol. The zero-order valence-electron chi connectivity index (χ0n) is 11.5. The Balaban J connectivity index is 1.84. The third kappa shape index (κ3) is 2.69. The first-order chi connectivity index (χ1) is 10.3. The Kier molecular flexibility index (Phi) is 3.21. The van der Waals surface area contributed by atoms with Crippen LogP contribution in [0, 0.1) is 0 Å². The minimum Gasteiger partial charge on any atom is -0.382 e. The van der Waals surface area contributed by atoms with Crippen LogP contribution >= 0.6 is 0 Å². The first-order valence-corrected chi connectivity index (χ1v) is 6.59. The molecule has 1 atom stereocenters. The number of nitrogens with one attached hydrogen (secondary N) is 1. The fourth-order valence-corrected chi connectivity index (χ4v) is 2.50. The van der Waals surface area contributed by atoms with E-state index < -0.39 is 17.4 Å². The number of hydrogen-bond donors (Lipinski definition) is 3. The minimum absolute atomic E-state index is 0.233. The molecule has 0 aliphatic carbocycles. The molecule has 22 heavy (non-hydrogen) atoms. The summed E-state index contributed by atoms with van der Waals surface area (Å²) in [5, 5.41) is 3.03. The van der Waals surface area contributed by atoms with Crippen molar-refractivity contribution in [3.63, 3.8) is 0 Å². The van der Waals surface area contributed by atoms with Gasteiger partial charge in [0.05, 0.1) is 11.3 Å². The molecule has 2 aliphatic heterocycles. The second-order valence-corrected chi connectivity index (χ2v) is 5.26. The SMILES string of the molecule is NC1=NC(N)(Cc2ccc(C(F)(F)F)cc2)C=C2NCN=C21. The van der Waals surface area contributed by atoms with Crippen molar-refractivity contribution in [1.82, 2.24) is 5.32 Å². The van der Waals surface area contributed by atoms with E-state index in [1.54, 1.807) is 6.08 Å². The summed E-state index contributed by atoms with van der Waals surface area (Å²) in [4.78, 5) is 8.38. The molecule has 116 valence electrons. The first-order valence-electron chi connectivity index (χ1n) is 6.59. The van der Waals surface area contributed by atoms with Crippen LogP contribution in [0.3, 0.4) is 0 Å². The van der Waals surface area contributed by atoms with Gasteiger partial charge in [0, 0.05) is 6.42 Å². The molecule has 1 aromatic carbocycles. The molecule has 1 unspecified atom stereocenters. The lowest BCUT2D eigenvalue weighted by Gasteiger charge is -2.27. The van der Waals surface area contributed by atoms with Crippen LogP contribution in [0.5, 0.6) is 0 Å². The lowest BCUT2D eigenvalue weighted by atomic mass is 9.95. The van der Waals surface area contributed by atoms with Crippen LogP contribution in [0.2, 0.25) is 0 Å². The number of nitrogens with zero attached hydrogens (tertiary/aromatic N) is 2. The normalized spacial score (nSPS) is 24.1. The number of alkyl halides is 3. The van der Waals surface area contributed by atoms with Crippen molar-refractivity contribution in [2.45, 2.75) is 18.3 Å². The van der Waals surface area contributed by atoms with Gasteiger partial charge in [-0.2, -0.15) is 13.2 Å². The quantitative estimate of drug-likeness (QED) is 0.766. The molecule has 1 aromatic rings. The maximum Gasteiger partial charge on any atom is 0.416 e. The van der Waals surface area contributed by atoms with Crippen molar-refractivity contribution in [3.8, 4) is 0 Å². The van der Waals surface area contributed by atoms with Crippen LogP contribution in [0.25, 0.3) is 0 Å². The van der Waals surface area contributed by atoms with Crippen LogP contribution in [0.15, 0.2) is 46.0 Å². The molecule has 0 amide bonds. The molecular formula is C14H14F3N5. The molecule has 2 heterocycles. The van der Waals surface area contributed by atoms with Crippen molar-refractivity contribution in [1.29, 1.82) is 0 Å². The predicted molar refractivity (Wildman–Crippen MR) is 77.2 cm³/mol. The molecule has 0 fully saturated rings. The summed E-state index contributed by atoms with van der Waals surface area (Å²) < 4.78 is 37.7. The highest BCUT2D eigenvalue weighted by atomic mass is 19.4. The topological polar surface area (TPSA) is 88.8 Å². The highest BCUT2D eigenvalue weighted by Crippen LogP contribution is 2.30.